The fourth-order valence-corrected chi connectivity index (χ4v) is 3.51. The molecule has 0 spiro atoms. The number of rotatable bonds is 7. The van der Waals surface area contributed by atoms with Gasteiger partial charge in [-0.15, -0.1) is 0 Å². The van der Waals surface area contributed by atoms with Crippen molar-refractivity contribution in [3.8, 4) is 11.8 Å². The first kappa shape index (κ1) is 21.5. The van der Waals surface area contributed by atoms with Crippen molar-refractivity contribution in [1.82, 2.24) is 9.78 Å². The summed E-state index contributed by atoms with van der Waals surface area (Å²) in [7, 11) is 0. The summed E-state index contributed by atoms with van der Waals surface area (Å²) in [6.07, 6.45) is 0. The van der Waals surface area contributed by atoms with Crippen LogP contribution in [0.3, 0.4) is 0 Å². The molecule has 2 aromatic carbocycles. The molecule has 0 amide bonds. The largest absolute Gasteiger partial charge is 0.465 e. The minimum atomic E-state index is -1.31. The van der Waals surface area contributed by atoms with Crippen LogP contribution in [0.5, 0.6) is 0 Å². The van der Waals surface area contributed by atoms with E-state index >= 15 is 0 Å². The highest BCUT2D eigenvalue weighted by atomic mass is 16.6. The molecule has 3 rings (SSSR count). The minimum absolute atomic E-state index is 0.0738. The molecule has 158 valence electrons. The molecule has 31 heavy (non-hydrogen) atoms. The molecule has 1 N–H and O–H groups in total. The molecule has 0 bridgehead atoms. The average Bonchev–Trinajstić information content (AvgIpc) is 3.06. The Morgan fingerprint density at radius 3 is 2.42 bits per heavy atom. The van der Waals surface area contributed by atoms with Gasteiger partial charge in [-0.1, -0.05) is 30.3 Å². The van der Waals surface area contributed by atoms with Gasteiger partial charge in [-0.3, -0.25) is 24.8 Å². The molecular weight excluding hydrogens is 400 g/mol. The Hall–Kier alpha value is -4.19. The van der Waals surface area contributed by atoms with Crippen molar-refractivity contribution >= 4 is 11.7 Å². The summed E-state index contributed by atoms with van der Waals surface area (Å²) in [4.78, 5) is 36.4. The third kappa shape index (κ3) is 4.23. The third-order valence-electron chi connectivity index (χ3n) is 4.92. The highest BCUT2D eigenvalue weighted by Gasteiger charge is 2.36. The van der Waals surface area contributed by atoms with E-state index < -0.39 is 28.3 Å². The number of aromatic nitrogens is 2. The molecule has 9 nitrogen and oxygen atoms in total. The van der Waals surface area contributed by atoms with Crippen molar-refractivity contribution in [3.63, 3.8) is 0 Å². The summed E-state index contributed by atoms with van der Waals surface area (Å²) in [6, 6.07) is 16.3. The van der Waals surface area contributed by atoms with Gasteiger partial charge in [0.15, 0.2) is 5.92 Å². The Kier molecular flexibility index (Phi) is 6.31. The number of benzene rings is 2. The lowest BCUT2D eigenvalue weighted by atomic mass is 9.81. The Balaban J connectivity index is 2.21. The predicted molar refractivity (Wildman–Crippen MR) is 112 cm³/mol. The van der Waals surface area contributed by atoms with Gasteiger partial charge in [-0.05, 0) is 31.5 Å². The molecule has 0 saturated carbocycles. The number of H-pyrrole nitrogens is 1. The first-order valence-corrected chi connectivity index (χ1v) is 9.56. The van der Waals surface area contributed by atoms with Crippen LogP contribution in [-0.4, -0.2) is 27.3 Å². The van der Waals surface area contributed by atoms with Crippen LogP contribution < -0.4 is 5.56 Å². The molecule has 0 aliphatic rings. The standard InChI is InChI=1S/C22H20N4O5/c1-3-31-22(28)18(13-23)20(15-9-11-17(12-10-15)26(29)30)19-14(2)24-25(21(19)27)16-7-5-4-6-8-16/h4-12,18,20,24H,3H2,1-2H3. The van der Waals surface area contributed by atoms with Gasteiger partial charge in [0.1, 0.15) is 0 Å². The number of nitro groups is 1. The Morgan fingerprint density at radius 2 is 1.87 bits per heavy atom. The first-order chi connectivity index (χ1) is 14.9. The summed E-state index contributed by atoms with van der Waals surface area (Å²) < 4.78 is 6.40. The van der Waals surface area contributed by atoms with Crippen LogP contribution in [0.25, 0.3) is 5.69 Å². The zero-order chi connectivity index (χ0) is 22.5. The molecule has 3 aromatic rings. The van der Waals surface area contributed by atoms with E-state index in [2.05, 4.69) is 5.10 Å². The molecular formula is C22H20N4O5. The average molecular weight is 420 g/mol. The van der Waals surface area contributed by atoms with Crippen LogP contribution in [-0.2, 0) is 9.53 Å². The lowest BCUT2D eigenvalue weighted by molar-refractivity contribution is -0.384. The lowest BCUT2D eigenvalue weighted by Gasteiger charge is -2.20. The van der Waals surface area contributed by atoms with Crippen molar-refractivity contribution < 1.29 is 14.5 Å². The van der Waals surface area contributed by atoms with Crippen molar-refractivity contribution in [3.05, 3.63) is 91.9 Å². The monoisotopic (exact) mass is 420 g/mol. The SMILES string of the molecule is CCOC(=O)C(C#N)C(c1ccc([N+](=O)[O-])cc1)c1c(C)[nH]n(-c2ccccc2)c1=O. The maximum absolute atomic E-state index is 13.3. The number of nitrogens with zero attached hydrogens (tertiary/aromatic N) is 3. The fraction of sp³-hybridized carbons (Fsp3) is 0.227. The Bertz CT molecular complexity index is 1190. The third-order valence-corrected chi connectivity index (χ3v) is 4.92. The molecule has 2 atom stereocenters. The van der Waals surface area contributed by atoms with Crippen LogP contribution in [0.2, 0.25) is 0 Å². The van der Waals surface area contributed by atoms with E-state index in [0.717, 1.165) is 0 Å². The van der Waals surface area contributed by atoms with E-state index in [-0.39, 0.29) is 17.9 Å². The van der Waals surface area contributed by atoms with E-state index in [0.29, 0.717) is 16.9 Å². The maximum Gasteiger partial charge on any atom is 0.324 e. The van der Waals surface area contributed by atoms with Crippen LogP contribution in [0.15, 0.2) is 59.4 Å². The smallest absolute Gasteiger partial charge is 0.324 e. The van der Waals surface area contributed by atoms with Gasteiger partial charge in [-0.2, -0.15) is 5.26 Å². The topological polar surface area (TPSA) is 131 Å². The number of nitro benzene ring substituents is 1. The highest BCUT2D eigenvalue weighted by Crippen LogP contribution is 2.34. The quantitative estimate of drug-likeness (QED) is 0.355. The molecule has 0 aliphatic carbocycles. The number of nitriles is 1. The van der Waals surface area contributed by atoms with Crippen LogP contribution in [0.4, 0.5) is 5.69 Å². The number of aryl methyl sites for hydroxylation is 1. The Morgan fingerprint density at radius 1 is 1.23 bits per heavy atom. The molecule has 9 heteroatoms. The number of carbonyl (C=O) groups is 1. The summed E-state index contributed by atoms with van der Waals surface area (Å²) in [5.74, 6) is -3.05. The van der Waals surface area contributed by atoms with E-state index in [1.54, 1.807) is 38.1 Å². The molecule has 1 aromatic heterocycles. The summed E-state index contributed by atoms with van der Waals surface area (Å²) >= 11 is 0. The second-order valence-electron chi connectivity index (χ2n) is 6.81. The second-order valence-corrected chi connectivity index (χ2v) is 6.81. The van der Waals surface area contributed by atoms with Gasteiger partial charge in [0, 0.05) is 29.3 Å². The highest BCUT2D eigenvalue weighted by molar-refractivity contribution is 5.77. The lowest BCUT2D eigenvalue weighted by Crippen LogP contribution is -2.29. The van der Waals surface area contributed by atoms with Crippen molar-refractivity contribution in [2.45, 2.75) is 19.8 Å². The Labute approximate surface area is 177 Å². The number of esters is 1. The number of aromatic amines is 1. The molecule has 0 fully saturated rings. The van der Waals surface area contributed by atoms with E-state index in [1.165, 1.54) is 28.9 Å². The number of hydrogen-bond acceptors (Lipinski definition) is 6. The zero-order valence-corrected chi connectivity index (χ0v) is 16.9. The number of nitrogens with one attached hydrogen (secondary N) is 1. The molecule has 0 radical (unpaired) electrons. The van der Waals surface area contributed by atoms with Gasteiger partial charge in [0.05, 0.1) is 23.3 Å². The van der Waals surface area contributed by atoms with Gasteiger partial charge < -0.3 is 4.74 Å². The van der Waals surface area contributed by atoms with Crippen molar-refractivity contribution in [1.29, 1.82) is 5.26 Å². The predicted octanol–water partition coefficient (Wildman–Crippen LogP) is 3.22. The summed E-state index contributed by atoms with van der Waals surface area (Å²) in [6.45, 7) is 3.37. The fourth-order valence-electron chi connectivity index (χ4n) is 3.51. The van der Waals surface area contributed by atoms with Crippen LogP contribution in [0, 0.1) is 34.3 Å². The molecule has 1 heterocycles. The number of non-ortho nitro benzene ring substituents is 1. The van der Waals surface area contributed by atoms with Gasteiger partial charge in [-0.25, -0.2) is 4.68 Å². The molecule has 2 unspecified atom stereocenters. The van der Waals surface area contributed by atoms with Crippen molar-refractivity contribution in [2.75, 3.05) is 6.61 Å². The number of hydrogen-bond donors (Lipinski definition) is 1. The van der Waals surface area contributed by atoms with Gasteiger partial charge >= 0.3 is 5.97 Å². The van der Waals surface area contributed by atoms with E-state index in [4.69, 9.17) is 4.74 Å². The summed E-state index contributed by atoms with van der Waals surface area (Å²) in [5.41, 5.74) is 1.15. The van der Waals surface area contributed by atoms with Crippen LogP contribution in [0.1, 0.15) is 29.7 Å². The molecule has 0 aliphatic heterocycles. The van der Waals surface area contributed by atoms with Gasteiger partial charge in [0.2, 0.25) is 0 Å². The normalized spacial score (nSPS) is 12.5. The van der Waals surface area contributed by atoms with E-state index in [1.807, 2.05) is 12.1 Å². The van der Waals surface area contributed by atoms with Crippen molar-refractivity contribution in [2.24, 2.45) is 5.92 Å². The zero-order valence-electron chi connectivity index (χ0n) is 16.9. The first-order valence-electron chi connectivity index (χ1n) is 9.56. The van der Waals surface area contributed by atoms with E-state index in [9.17, 15) is 25.0 Å². The van der Waals surface area contributed by atoms with Crippen LogP contribution >= 0.6 is 0 Å². The summed E-state index contributed by atoms with van der Waals surface area (Å²) in [5, 5.41) is 23.8. The van der Waals surface area contributed by atoms with Gasteiger partial charge in [0.25, 0.3) is 11.2 Å². The maximum atomic E-state index is 13.3. The number of ether oxygens (including phenoxy) is 1. The number of carbonyl (C=O) groups excluding carboxylic acids is 1. The number of para-hydroxylation sites is 1. The molecule has 0 saturated heterocycles. The minimum Gasteiger partial charge on any atom is -0.465 e. The second kappa shape index (κ2) is 9.09.